The fourth-order valence-corrected chi connectivity index (χ4v) is 2.03. The number of anilines is 1. The number of nitrogens with one attached hydrogen (secondary N) is 1. The van der Waals surface area contributed by atoms with Crippen LogP contribution >= 0.6 is 0 Å². The van der Waals surface area contributed by atoms with Crippen LogP contribution < -0.4 is 10.1 Å². The van der Waals surface area contributed by atoms with Gasteiger partial charge in [0, 0.05) is 11.3 Å². The molecule has 124 valence electrons. The van der Waals surface area contributed by atoms with Crippen molar-refractivity contribution in [2.24, 2.45) is 0 Å². The normalized spacial score (nSPS) is 11.0. The fraction of sp³-hybridized carbons (Fsp3) is 0.250. The lowest BCUT2D eigenvalue weighted by molar-refractivity contribution is -0.142. The Morgan fingerprint density at radius 2 is 1.79 bits per heavy atom. The summed E-state index contributed by atoms with van der Waals surface area (Å²) in [4.78, 5) is 12.1. The summed E-state index contributed by atoms with van der Waals surface area (Å²) < 4.78 is 10.2. The van der Waals surface area contributed by atoms with E-state index in [4.69, 9.17) is 9.47 Å². The van der Waals surface area contributed by atoms with E-state index in [1.165, 1.54) is 5.56 Å². The molecule has 0 aliphatic heterocycles. The zero-order chi connectivity index (χ0) is 17.4. The molecule has 0 amide bonds. The van der Waals surface area contributed by atoms with E-state index in [0.29, 0.717) is 6.61 Å². The van der Waals surface area contributed by atoms with E-state index in [1.807, 2.05) is 55.5 Å². The van der Waals surface area contributed by atoms with Crippen LogP contribution in [-0.2, 0) is 9.53 Å². The van der Waals surface area contributed by atoms with Crippen LogP contribution in [0.1, 0.15) is 18.1 Å². The van der Waals surface area contributed by atoms with Gasteiger partial charge in [0.2, 0.25) is 0 Å². The van der Waals surface area contributed by atoms with Crippen LogP contribution in [0.15, 0.2) is 48.5 Å². The minimum atomic E-state index is -0.736. The third-order valence-corrected chi connectivity index (χ3v) is 3.34. The molecule has 4 heteroatoms. The topological polar surface area (TPSA) is 47.6 Å². The monoisotopic (exact) mass is 323 g/mol. The first-order valence-corrected chi connectivity index (χ1v) is 7.78. The molecule has 0 bridgehead atoms. The molecule has 0 heterocycles. The number of ether oxygens (including phenoxy) is 2. The number of methoxy groups -OCH3 is 1. The lowest BCUT2D eigenvalue weighted by atomic mass is 10.1. The van der Waals surface area contributed by atoms with Crippen LogP contribution in [0, 0.1) is 18.8 Å². The number of aryl methyl sites for hydroxylation is 1. The van der Waals surface area contributed by atoms with Crippen molar-refractivity contribution in [1.82, 2.24) is 0 Å². The summed E-state index contributed by atoms with van der Waals surface area (Å²) in [6, 6.07) is 14.4. The van der Waals surface area contributed by atoms with Crippen molar-refractivity contribution in [3.05, 3.63) is 59.7 Å². The van der Waals surface area contributed by atoms with E-state index >= 15 is 0 Å². The SMILES string of the molecule is CCOC(=O)C(C#Cc1ccc(C)cc1)Nc1ccc(OC)cc1. The summed E-state index contributed by atoms with van der Waals surface area (Å²) in [5, 5.41) is 3.09. The molecule has 0 aliphatic rings. The molecule has 0 saturated carbocycles. The predicted octanol–water partition coefficient (Wildman–Crippen LogP) is 3.40. The molecule has 2 rings (SSSR count). The van der Waals surface area contributed by atoms with Gasteiger partial charge in [0.05, 0.1) is 13.7 Å². The Bertz CT molecular complexity index is 724. The molecule has 0 fully saturated rings. The van der Waals surface area contributed by atoms with Crippen LogP contribution in [0.25, 0.3) is 0 Å². The maximum atomic E-state index is 12.1. The van der Waals surface area contributed by atoms with Crippen molar-refractivity contribution in [2.45, 2.75) is 19.9 Å². The molecule has 1 unspecified atom stereocenters. The highest BCUT2D eigenvalue weighted by atomic mass is 16.5. The van der Waals surface area contributed by atoms with Crippen molar-refractivity contribution in [2.75, 3.05) is 19.0 Å². The molecule has 1 atom stereocenters. The first-order chi connectivity index (χ1) is 11.6. The standard InChI is InChI=1S/C20H21NO3/c1-4-24-20(22)19(14-9-16-7-5-15(2)6-8-16)21-17-10-12-18(23-3)13-11-17/h5-8,10-13,19,21H,4H2,1-3H3. The summed E-state index contributed by atoms with van der Waals surface area (Å²) >= 11 is 0. The highest BCUT2D eigenvalue weighted by Gasteiger charge is 2.17. The van der Waals surface area contributed by atoms with Crippen molar-refractivity contribution < 1.29 is 14.3 Å². The van der Waals surface area contributed by atoms with E-state index in [0.717, 1.165) is 17.0 Å². The van der Waals surface area contributed by atoms with Gasteiger partial charge >= 0.3 is 5.97 Å². The van der Waals surface area contributed by atoms with Gasteiger partial charge in [-0.2, -0.15) is 0 Å². The predicted molar refractivity (Wildman–Crippen MR) is 95.1 cm³/mol. The second-order valence-electron chi connectivity index (χ2n) is 5.19. The van der Waals surface area contributed by atoms with Gasteiger partial charge in [0.15, 0.2) is 6.04 Å². The Hall–Kier alpha value is -2.93. The number of carbonyl (C=O) groups is 1. The summed E-state index contributed by atoms with van der Waals surface area (Å²) in [6.07, 6.45) is 0. The summed E-state index contributed by atoms with van der Waals surface area (Å²) in [5.74, 6) is 6.32. The van der Waals surface area contributed by atoms with Gasteiger partial charge in [-0.05, 0) is 50.2 Å². The Balaban J connectivity index is 2.18. The second kappa shape index (κ2) is 8.64. The first kappa shape index (κ1) is 17.4. The number of hydrogen-bond donors (Lipinski definition) is 1. The summed E-state index contributed by atoms with van der Waals surface area (Å²) in [6.45, 7) is 4.10. The van der Waals surface area contributed by atoms with Gasteiger partial charge in [0.25, 0.3) is 0 Å². The Labute approximate surface area is 142 Å². The van der Waals surface area contributed by atoms with Crippen LogP contribution in [0.3, 0.4) is 0 Å². The maximum absolute atomic E-state index is 12.1. The average Bonchev–Trinajstić information content (AvgIpc) is 2.60. The van der Waals surface area contributed by atoms with E-state index in [2.05, 4.69) is 17.2 Å². The van der Waals surface area contributed by atoms with Crippen molar-refractivity contribution in [3.63, 3.8) is 0 Å². The maximum Gasteiger partial charge on any atom is 0.341 e. The molecule has 4 nitrogen and oxygen atoms in total. The summed E-state index contributed by atoms with van der Waals surface area (Å²) in [5.41, 5.74) is 2.79. The number of rotatable bonds is 5. The van der Waals surface area contributed by atoms with Gasteiger partial charge in [-0.3, -0.25) is 0 Å². The quantitative estimate of drug-likeness (QED) is 0.677. The Morgan fingerprint density at radius 1 is 1.12 bits per heavy atom. The van der Waals surface area contributed by atoms with E-state index in [1.54, 1.807) is 14.0 Å². The van der Waals surface area contributed by atoms with Crippen LogP contribution in [0.5, 0.6) is 5.75 Å². The van der Waals surface area contributed by atoms with Gasteiger partial charge in [-0.15, -0.1) is 0 Å². The van der Waals surface area contributed by atoms with Crippen LogP contribution in [0.4, 0.5) is 5.69 Å². The highest BCUT2D eigenvalue weighted by molar-refractivity contribution is 5.83. The van der Waals surface area contributed by atoms with E-state index < -0.39 is 12.0 Å². The van der Waals surface area contributed by atoms with Crippen molar-refractivity contribution in [3.8, 4) is 17.6 Å². The van der Waals surface area contributed by atoms with Crippen molar-refractivity contribution >= 4 is 11.7 Å². The van der Waals surface area contributed by atoms with Gasteiger partial charge in [-0.1, -0.05) is 29.5 Å². The van der Waals surface area contributed by atoms with Crippen LogP contribution in [0.2, 0.25) is 0 Å². The molecule has 0 aliphatic carbocycles. The molecule has 24 heavy (non-hydrogen) atoms. The first-order valence-electron chi connectivity index (χ1n) is 7.78. The molecular formula is C20H21NO3. The largest absolute Gasteiger partial charge is 0.497 e. The Morgan fingerprint density at radius 3 is 2.38 bits per heavy atom. The highest BCUT2D eigenvalue weighted by Crippen LogP contribution is 2.16. The minimum Gasteiger partial charge on any atom is -0.497 e. The van der Waals surface area contributed by atoms with Crippen molar-refractivity contribution in [1.29, 1.82) is 0 Å². The lowest BCUT2D eigenvalue weighted by Crippen LogP contribution is -2.30. The van der Waals surface area contributed by atoms with Crippen LogP contribution in [-0.4, -0.2) is 25.7 Å². The minimum absolute atomic E-state index is 0.311. The number of hydrogen-bond acceptors (Lipinski definition) is 4. The molecule has 0 aromatic heterocycles. The molecule has 0 spiro atoms. The smallest absolute Gasteiger partial charge is 0.341 e. The molecule has 0 radical (unpaired) electrons. The number of benzene rings is 2. The molecule has 2 aromatic carbocycles. The van der Waals surface area contributed by atoms with E-state index in [-0.39, 0.29) is 0 Å². The molecular weight excluding hydrogens is 302 g/mol. The fourth-order valence-electron chi connectivity index (χ4n) is 2.03. The van der Waals surface area contributed by atoms with Gasteiger partial charge in [-0.25, -0.2) is 4.79 Å². The number of esters is 1. The zero-order valence-corrected chi connectivity index (χ0v) is 14.1. The molecule has 1 N–H and O–H groups in total. The Kier molecular flexibility index (Phi) is 6.27. The second-order valence-corrected chi connectivity index (χ2v) is 5.19. The third-order valence-electron chi connectivity index (χ3n) is 3.34. The van der Waals surface area contributed by atoms with Gasteiger partial charge in [0.1, 0.15) is 5.75 Å². The molecule has 2 aromatic rings. The number of carbonyl (C=O) groups excluding carboxylic acids is 1. The lowest BCUT2D eigenvalue weighted by Gasteiger charge is -2.13. The van der Waals surface area contributed by atoms with Gasteiger partial charge < -0.3 is 14.8 Å². The van der Waals surface area contributed by atoms with E-state index in [9.17, 15) is 4.79 Å². The molecule has 0 saturated heterocycles. The summed E-state index contributed by atoms with van der Waals surface area (Å²) in [7, 11) is 1.61. The average molecular weight is 323 g/mol. The zero-order valence-electron chi connectivity index (χ0n) is 14.1. The third kappa shape index (κ3) is 5.06.